The van der Waals surface area contributed by atoms with E-state index in [1.807, 2.05) is 0 Å². The average molecular weight is 373 g/mol. The topological polar surface area (TPSA) is 47.6 Å². The summed E-state index contributed by atoms with van der Waals surface area (Å²) in [6.07, 6.45) is -10.3. The number of alkyl halides is 6. The Labute approximate surface area is 140 Å². The molecule has 10 heteroatoms. The number of nitrogens with one attached hydrogen (secondary N) is 1. The van der Waals surface area contributed by atoms with Gasteiger partial charge in [-0.2, -0.15) is 26.3 Å². The van der Waals surface area contributed by atoms with E-state index in [9.17, 15) is 31.1 Å². The van der Waals surface area contributed by atoms with Crippen molar-refractivity contribution in [3.63, 3.8) is 0 Å². The van der Waals surface area contributed by atoms with Crippen LogP contribution in [-0.4, -0.2) is 26.4 Å². The number of carbonyl (C=O) groups excluding carboxylic acids is 1. The van der Waals surface area contributed by atoms with Crippen molar-refractivity contribution in [2.45, 2.75) is 38.0 Å². The minimum absolute atomic E-state index is 0.0348. The van der Waals surface area contributed by atoms with E-state index in [-0.39, 0.29) is 24.5 Å². The fourth-order valence-electron chi connectivity index (χ4n) is 1.99. The smallest absolute Gasteiger partial charge is 0.356 e. The predicted molar refractivity (Wildman–Crippen MR) is 75.3 cm³/mol. The maximum Gasteiger partial charge on any atom is 0.416 e. The third-order valence-corrected chi connectivity index (χ3v) is 3.27. The number of rotatable bonds is 7. The Hall–Kier alpha value is -1.81. The molecule has 1 aromatic rings. The van der Waals surface area contributed by atoms with Gasteiger partial charge < -0.3 is 14.8 Å². The van der Waals surface area contributed by atoms with E-state index in [0.717, 1.165) is 0 Å². The highest BCUT2D eigenvalue weighted by atomic mass is 19.4. The van der Waals surface area contributed by atoms with Gasteiger partial charge in [0.05, 0.1) is 11.1 Å². The second kappa shape index (κ2) is 8.52. The van der Waals surface area contributed by atoms with Gasteiger partial charge in [-0.3, -0.25) is 4.79 Å². The molecule has 1 aromatic carbocycles. The molecule has 0 saturated heterocycles. The Balaban J connectivity index is 2.82. The molecular formula is C15H17F6NO3. The minimum atomic E-state index is -4.93. The zero-order valence-corrected chi connectivity index (χ0v) is 13.4. The van der Waals surface area contributed by atoms with Crippen LogP contribution < -0.4 is 5.32 Å². The lowest BCUT2D eigenvalue weighted by Crippen LogP contribution is -2.25. The van der Waals surface area contributed by atoms with Crippen LogP contribution >= 0.6 is 0 Å². The number of hydrogen-bond donors (Lipinski definition) is 1. The lowest BCUT2D eigenvalue weighted by molar-refractivity contribution is -0.143. The third kappa shape index (κ3) is 6.91. The van der Waals surface area contributed by atoms with E-state index >= 15 is 0 Å². The molecule has 0 spiro atoms. The summed E-state index contributed by atoms with van der Waals surface area (Å²) in [6, 6.07) is 1.18. The molecule has 25 heavy (non-hydrogen) atoms. The van der Waals surface area contributed by atoms with Crippen molar-refractivity contribution in [1.82, 2.24) is 5.32 Å². The van der Waals surface area contributed by atoms with Crippen LogP contribution in [0.1, 0.15) is 29.5 Å². The van der Waals surface area contributed by atoms with Gasteiger partial charge in [-0.1, -0.05) is 0 Å². The van der Waals surface area contributed by atoms with Gasteiger partial charge in [0.2, 0.25) is 5.91 Å². The third-order valence-electron chi connectivity index (χ3n) is 3.27. The van der Waals surface area contributed by atoms with Crippen LogP contribution in [0.3, 0.4) is 0 Å². The van der Waals surface area contributed by atoms with Crippen molar-refractivity contribution in [3.8, 4) is 0 Å². The quantitative estimate of drug-likeness (QED) is 0.585. The van der Waals surface area contributed by atoms with Crippen LogP contribution in [0.2, 0.25) is 0 Å². The molecule has 0 bridgehead atoms. The van der Waals surface area contributed by atoms with Crippen LogP contribution in [-0.2, 0) is 33.2 Å². The second-order valence-corrected chi connectivity index (χ2v) is 5.13. The number of methoxy groups -OCH3 is 2. The standard InChI is InChI=1S/C15H17F6NO3/c1-24-13(25-2)4-3-12(23)22-8-9-5-10(14(16,17)18)7-11(6-9)15(19,20)21/h5-7,13H,3-4,8H2,1-2H3,(H,22,23). The Bertz CT molecular complexity index is 549. The predicted octanol–water partition coefficient (Wildman–Crippen LogP) is 3.74. The monoisotopic (exact) mass is 373 g/mol. The van der Waals surface area contributed by atoms with Crippen LogP contribution in [0.5, 0.6) is 0 Å². The maximum absolute atomic E-state index is 12.7. The molecule has 0 heterocycles. The van der Waals surface area contributed by atoms with E-state index in [1.165, 1.54) is 14.2 Å². The fourth-order valence-corrected chi connectivity index (χ4v) is 1.99. The highest BCUT2D eigenvalue weighted by molar-refractivity contribution is 5.75. The van der Waals surface area contributed by atoms with Crippen LogP contribution in [0.25, 0.3) is 0 Å². The lowest BCUT2D eigenvalue weighted by atomic mass is 10.0. The molecule has 142 valence electrons. The SMILES string of the molecule is COC(CCC(=O)NCc1cc(C(F)(F)F)cc(C(F)(F)F)c1)OC. The second-order valence-electron chi connectivity index (χ2n) is 5.13. The Kier molecular flexibility index (Phi) is 7.24. The van der Waals surface area contributed by atoms with Crippen LogP contribution in [0.15, 0.2) is 18.2 Å². The number of halogens is 6. The summed E-state index contributed by atoms with van der Waals surface area (Å²) in [5, 5.41) is 2.28. The maximum atomic E-state index is 12.7. The molecule has 0 aliphatic heterocycles. The Morgan fingerprint density at radius 1 is 1.00 bits per heavy atom. The molecule has 0 fully saturated rings. The minimum Gasteiger partial charge on any atom is -0.356 e. The van der Waals surface area contributed by atoms with Crippen molar-refractivity contribution in [2.75, 3.05) is 14.2 Å². The molecule has 0 atom stereocenters. The highest BCUT2D eigenvalue weighted by Gasteiger charge is 2.36. The summed E-state index contributed by atoms with van der Waals surface area (Å²) in [5.41, 5.74) is -3.15. The van der Waals surface area contributed by atoms with E-state index < -0.39 is 42.2 Å². The van der Waals surface area contributed by atoms with Crippen molar-refractivity contribution in [2.24, 2.45) is 0 Å². The zero-order valence-electron chi connectivity index (χ0n) is 13.4. The van der Waals surface area contributed by atoms with Gasteiger partial charge in [0.25, 0.3) is 0 Å². The van der Waals surface area contributed by atoms with Gasteiger partial charge in [-0.15, -0.1) is 0 Å². The van der Waals surface area contributed by atoms with E-state index in [4.69, 9.17) is 9.47 Å². The molecule has 0 aliphatic rings. The number of ether oxygens (including phenoxy) is 2. The van der Waals surface area contributed by atoms with E-state index in [0.29, 0.717) is 12.1 Å². The number of carbonyl (C=O) groups is 1. The van der Waals surface area contributed by atoms with Gasteiger partial charge in [-0.05, 0) is 23.8 Å². The first kappa shape index (κ1) is 21.2. The number of benzene rings is 1. The summed E-state index contributed by atoms with van der Waals surface area (Å²) >= 11 is 0. The van der Waals surface area contributed by atoms with Crippen molar-refractivity contribution in [3.05, 3.63) is 34.9 Å². The van der Waals surface area contributed by atoms with Crippen LogP contribution in [0, 0.1) is 0 Å². The van der Waals surface area contributed by atoms with Crippen LogP contribution in [0.4, 0.5) is 26.3 Å². The summed E-state index contributed by atoms with van der Waals surface area (Å²) in [5.74, 6) is -0.551. The van der Waals surface area contributed by atoms with Gasteiger partial charge in [0, 0.05) is 33.6 Å². The van der Waals surface area contributed by atoms with Crippen molar-refractivity contribution < 1.29 is 40.6 Å². The molecular weight excluding hydrogens is 356 g/mol. The Morgan fingerprint density at radius 3 is 1.88 bits per heavy atom. The molecule has 0 aliphatic carbocycles. The molecule has 1 amide bonds. The summed E-state index contributed by atoms with van der Waals surface area (Å²) in [7, 11) is 2.74. The largest absolute Gasteiger partial charge is 0.416 e. The molecule has 1 N–H and O–H groups in total. The Morgan fingerprint density at radius 2 is 1.48 bits per heavy atom. The first-order valence-electron chi connectivity index (χ1n) is 7.08. The molecule has 0 unspecified atom stereocenters. The van der Waals surface area contributed by atoms with Crippen molar-refractivity contribution in [1.29, 1.82) is 0 Å². The van der Waals surface area contributed by atoms with Gasteiger partial charge in [-0.25, -0.2) is 0 Å². The molecule has 0 aromatic heterocycles. The fraction of sp³-hybridized carbons (Fsp3) is 0.533. The first-order chi connectivity index (χ1) is 11.5. The lowest BCUT2D eigenvalue weighted by Gasteiger charge is -2.15. The number of hydrogen-bond acceptors (Lipinski definition) is 3. The summed E-state index contributed by atoms with van der Waals surface area (Å²) < 4.78 is 86.2. The van der Waals surface area contributed by atoms with Gasteiger partial charge in [0.1, 0.15) is 0 Å². The first-order valence-corrected chi connectivity index (χ1v) is 7.08. The summed E-state index contributed by atoms with van der Waals surface area (Å²) in [4.78, 5) is 11.6. The van der Waals surface area contributed by atoms with E-state index in [1.54, 1.807) is 0 Å². The average Bonchev–Trinajstić information content (AvgIpc) is 2.52. The molecule has 0 saturated carbocycles. The molecule has 0 radical (unpaired) electrons. The summed E-state index contributed by atoms with van der Waals surface area (Å²) in [6.45, 7) is -0.462. The van der Waals surface area contributed by atoms with E-state index in [2.05, 4.69) is 5.32 Å². The molecule has 4 nitrogen and oxygen atoms in total. The number of amides is 1. The van der Waals surface area contributed by atoms with Gasteiger partial charge in [0.15, 0.2) is 6.29 Å². The highest BCUT2D eigenvalue weighted by Crippen LogP contribution is 2.36. The van der Waals surface area contributed by atoms with Gasteiger partial charge >= 0.3 is 12.4 Å². The normalized spacial score (nSPS) is 12.5. The van der Waals surface area contributed by atoms with Crippen molar-refractivity contribution >= 4 is 5.91 Å². The zero-order chi connectivity index (χ0) is 19.3. The molecule has 1 rings (SSSR count).